The smallest absolute Gasteiger partial charge is 0.194 e. The molecule has 1 aliphatic rings. The van der Waals surface area contributed by atoms with Gasteiger partial charge < -0.3 is 9.72 Å². The van der Waals surface area contributed by atoms with Crippen molar-refractivity contribution in [1.82, 2.24) is 4.98 Å². The minimum Gasteiger partial charge on any atom is -0.495 e. The van der Waals surface area contributed by atoms with E-state index >= 15 is 0 Å². The minimum atomic E-state index is 0.0644. The van der Waals surface area contributed by atoms with Crippen molar-refractivity contribution in [2.24, 2.45) is 0 Å². The zero-order valence-corrected chi connectivity index (χ0v) is 11.6. The van der Waals surface area contributed by atoms with Crippen molar-refractivity contribution in [2.45, 2.75) is 32.1 Å². The Bertz CT molecular complexity index is 691. The number of ether oxygens (including phenoxy) is 1. The molecule has 1 aliphatic carbocycles. The molecule has 4 heteroatoms. The molecule has 0 saturated heterocycles. The van der Waals surface area contributed by atoms with E-state index in [-0.39, 0.29) is 5.43 Å². The molecule has 1 heterocycles. The van der Waals surface area contributed by atoms with Gasteiger partial charge in [0.05, 0.1) is 23.0 Å². The van der Waals surface area contributed by atoms with Crippen molar-refractivity contribution < 1.29 is 4.74 Å². The van der Waals surface area contributed by atoms with Gasteiger partial charge in [0.1, 0.15) is 5.75 Å². The molecule has 0 radical (unpaired) electrons. The first-order valence-electron chi connectivity index (χ1n) is 6.62. The van der Waals surface area contributed by atoms with Crippen molar-refractivity contribution >= 4 is 22.5 Å². The maximum Gasteiger partial charge on any atom is 0.194 e. The number of aromatic nitrogens is 1. The molecule has 0 atom stereocenters. The fraction of sp³-hybridized carbons (Fsp3) is 0.400. The van der Waals surface area contributed by atoms with Gasteiger partial charge in [-0.2, -0.15) is 0 Å². The second-order valence-corrected chi connectivity index (χ2v) is 5.38. The molecule has 1 aromatic carbocycles. The average molecular weight is 278 g/mol. The van der Waals surface area contributed by atoms with Crippen LogP contribution in [0.2, 0.25) is 5.02 Å². The monoisotopic (exact) mass is 277 g/mol. The summed E-state index contributed by atoms with van der Waals surface area (Å²) in [5.41, 5.74) is 2.74. The van der Waals surface area contributed by atoms with Gasteiger partial charge in [-0.25, -0.2) is 0 Å². The second-order valence-electron chi connectivity index (χ2n) is 4.97. The van der Waals surface area contributed by atoms with Crippen LogP contribution < -0.4 is 10.2 Å². The largest absolute Gasteiger partial charge is 0.495 e. The summed E-state index contributed by atoms with van der Waals surface area (Å²) in [4.78, 5) is 16.0. The lowest BCUT2D eigenvalue weighted by Gasteiger charge is -2.12. The van der Waals surface area contributed by atoms with Crippen LogP contribution in [0.25, 0.3) is 10.9 Å². The highest BCUT2D eigenvalue weighted by atomic mass is 35.5. The van der Waals surface area contributed by atoms with Crippen molar-refractivity contribution in [3.8, 4) is 5.75 Å². The summed E-state index contributed by atoms with van der Waals surface area (Å²) < 4.78 is 5.33. The number of fused-ring (bicyclic) bond motifs is 2. The van der Waals surface area contributed by atoms with E-state index in [4.69, 9.17) is 16.3 Å². The Morgan fingerprint density at radius 2 is 2.00 bits per heavy atom. The number of aryl methyl sites for hydroxylation is 1. The Kier molecular flexibility index (Phi) is 3.23. The molecule has 1 aromatic heterocycles. The normalized spacial score (nSPS) is 15.1. The van der Waals surface area contributed by atoms with Crippen molar-refractivity contribution in [1.29, 1.82) is 0 Å². The molecule has 19 heavy (non-hydrogen) atoms. The van der Waals surface area contributed by atoms with Gasteiger partial charge in [-0.1, -0.05) is 18.0 Å². The molecule has 3 rings (SSSR count). The first-order chi connectivity index (χ1) is 9.22. The van der Waals surface area contributed by atoms with Crippen LogP contribution in [0.1, 0.15) is 30.5 Å². The number of methoxy groups -OCH3 is 1. The SMILES string of the molecule is COc1ccc(Cl)c2c(=O)c3c([nH]c12)CCCCC3. The van der Waals surface area contributed by atoms with E-state index < -0.39 is 0 Å². The summed E-state index contributed by atoms with van der Waals surface area (Å²) in [6, 6.07) is 3.52. The van der Waals surface area contributed by atoms with Crippen molar-refractivity contribution in [3.63, 3.8) is 0 Å². The fourth-order valence-corrected chi connectivity index (χ4v) is 3.09. The van der Waals surface area contributed by atoms with E-state index in [1.54, 1.807) is 19.2 Å². The van der Waals surface area contributed by atoms with E-state index in [1.165, 1.54) is 6.42 Å². The lowest BCUT2D eigenvalue weighted by molar-refractivity contribution is 0.418. The van der Waals surface area contributed by atoms with Gasteiger partial charge in [0, 0.05) is 11.3 Å². The van der Waals surface area contributed by atoms with Gasteiger partial charge in [0.15, 0.2) is 5.43 Å². The summed E-state index contributed by atoms with van der Waals surface area (Å²) in [7, 11) is 1.60. The van der Waals surface area contributed by atoms with Gasteiger partial charge in [0.2, 0.25) is 0 Å². The third-order valence-corrected chi connectivity index (χ3v) is 4.15. The molecular weight excluding hydrogens is 262 g/mol. The molecule has 0 bridgehead atoms. The second kappa shape index (κ2) is 4.89. The van der Waals surface area contributed by atoms with E-state index in [9.17, 15) is 4.79 Å². The highest BCUT2D eigenvalue weighted by Crippen LogP contribution is 2.30. The van der Waals surface area contributed by atoms with Gasteiger partial charge in [-0.3, -0.25) is 4.79 Å². The number of halogens is 1. The first-order valence-corrected chi connectivity index (χ1v) is 7.00. The van der Waals surface area contributed by atoms with Crippen LogP contribution in [0.5, 0.6) is 5.75 Å². The number of benzene rings is 1. The minimum absolute atomic E-state index is 0.0644. The molecule has 0 spiro atoms. The third-order valence-electron chi connectivity index (χ3n) is 3.83. The van der Waals surface area contributed by atoms with Crippen LogP contribution in [0.4, 0.5) is 0 Å². The van der Waals surface area contributed by atoms with Crippen molar-refractivity contribution in [2.75, 3.05) is 7.11 Å². The van der Waals surface area contributed by atoms with Gasteiger partial charge in [-0.15, -0.1) is 0 Å². The Morgan fingerprint density at radius 3 is 2.79 bits per heavy atom. The molecule has 0 saturated carbocycles. The predicted octanol–water partition coefficient (Wildman–Crippen LogP) is 3.46. The molecule has 0 aliphatic heterocycles. The van der Waals surface area contributed by atoms with Gasteiger partial charge >= 0.3 is 0 Å². The Labute approximate surface area is 116 Å². The standard InChI is InChI=1S/C15H16ClNO2/c1-19-12-8-7-10(16)13-14(12)17-11-6-4-2-3-5-9(11)15(13)18/h7-8H,2-6H2,1H3,(H,17,18). The molecule has 0 fully saturated rings. The van der Waals surface area contributed by atoms with Gasteiger partial charge in [-0.05, 0) is 37.8 Å². The number of hydrogen-bond acceptors (Lipinski definition) is 2. The number of hydrogen-bond donors (Lipinski definition) is 1. The van der Waals surface area contributed by atoms with E-state index in [0.29, 0.717) is 16.2 Å². The van der Waals surface area contributed by atoms with Gasteiger partial charge in [0.25, 0.3) is 0 Å². The van der Waals surface area contributed by atoms with Crippen LogP contribution in [-0.2, 0) is 12.8 Å². The third kappa shape index (κ3) is 2.02. The molecule has 3 nitrogen and oxygen atoms in total. The van der Waals surface area contributed by atoms with Crippen LogP contribution in [0, 0.1) is 0 Å². The zero-order valence-electron chi connectivity index (χ0n) is 10.9. The summed E-state index contributed by atoms with van der Waals surface area (Å²) in [6.07, 6.45) is 5.13. The lowest BCUT2D eigenvalue weighted by Crippen LogP contribution is -2.14. The Hall–Kier alpha value is -1.48. The van der Waals surface area contributed by atoms with E-state index in [0.717, 1.165) is 42.5 Å². The molecule has 100 valence electrons. The molecule has 0 unspecified atom stereocenters. The predicted molar refractivity (Wildman–Crippen MR) is 77.4 cm³/mol. The summed E-state index contributed by atoms with van der Waals surface area (Å²) in [5, 5.41) is 1.05. The summed E-state index contributed by atoms with van der Waals surface area (Å²) in [6.45, 7) is 0. The highest BCUT2D eigenvalue weighted by Gasteiger charge is 2.18. The molecule has 2 aromatic rings. The number of pyridine rings is 1. The maximum absolute atomic E-state index is 12.7. The fourth-order valence-electron chi connectivity index (χ4n) is 2.85. The molecule has 0 amide bonds. The topological polar surface area (TPSA) is 42.1 Å². The number of rotatable bonds is 1. The quantitative estimate of drug-likeness (QED) is 0.811. The maximum atomic E-state index is 12.7. The van der Waals surface area contributed by atoms with E-state index in [2.05, 4.69) is 4.98 Å². The van der Waals surface area contributed by atoms with Crippen molar-refractivity contribution in [3.05, 3.63) is 38.6 Å². The average Bonchev–Trinajstić information content (AvgIpc) is 2.64. The Balaban J connectivity index is 2.40. The zero-order chi connectivity index (χ0) is 13.4. The summed E-state index contributed by atoms with van der Waals surface area (Å²) in [5.74, 6) is 0.670. The van der Waals surface area contributed by atoms with Crippen LogP contribution >= 0.6 is 11.6 Å². The number of aromatic amines is 1. The van der Waals surface area contributed by atoms with Crippen LogP contribution in [-0.4, -0.2) is 12.1 Å². The van der Waals surface area contributed by atoms with E-state index in [1.807, 2.05) is 0 Å². The highest BCUT2D eigenvalue weighted by molar-refractivity contribution is 6.35. The van der Waals surface area contributed by atoms with Crippen LogP contribution in [0.3, 0.4) is 0 Å². The number of H-pyrrole nitrogens is 1. The molecule has 1 N–H and O–H groups in total. The number of nitrogens with one attached hydrogen (secondary N) is 1. The lowest BCUT2D eigenvalue weighted by atomic mass is 10.0. The molecular formula is C15H16ClNO2. The van der Waals surface area contributed by atoms with Crippen LogP contribution in [0.15, 0.2) is 16.9 Å². The first kappa shape index (κ1) is 12.5. The summed E-state index contributed by atoms with van der Waals surface area (Å²) >= 11 is 6.20. The Morgan fingerprint density at radius 1 is 1.21 bits per heavy atom.